The van der Waals surface area contributed by atoms with Crippen molar-refractivity contribution < 1.29 is 19.0 Å². The lowest BCUT2D eigenvalue weighted by molar-refractivity contribution is -0.894. The van der Waals surface area contributed by atoms with Crippen molar-refractivity contribution in [1.29, 1.82) is 0 Å². The predicted octanol–water partition coefficient (Wildman–Crippen LogP) is 2.92. The van der Waals surface area contributed by atoms with Crippen LogP contribution in [0.5, 0.6) is 0 Å². The summed E-state index contributed by atoms with van der Waals surface area (Å²) < 4.78 is 14.2. The Bertz CT molecular complexity index is 1040. The molecular formula is C20H22FN4O3S+. The van der Waals surface area contributed by atoms with Crippen LogP contribution in [0.15, 0.2) is 42.5 Å². The molecule has 0 saturated carbocycles. The van der Waals surface area contributed by atoms with Crippen LogP contribution in [0, 0.1) is 15.9 Å². The lowest BCUT2D eigenvalue weighted by Gasteiger charge is -2.23. The van der Waals surface area contributed by atoms with E-state index in [0.29, 0.717) is 28.4 Å². The second-order valence-electron chi connectivity index (χ2n) is 6.58. The number of non-ortho nitro benzene ring substituents is 1. The Hall–Kier alpha value is -2.91. The van der Waals surface area contributed by atoms with Crippen molar-refractivity contribution in [3.05, 3.63) is 64.0 Å². The van der Waals surface area contributed by atoms with Gasteiger partial charge in [-0.2, -0.15) is 0 Å². The van der Waals surface area contributed by atoms with E-state index in [1.807, 2.05) is 0 Å². The van der Waals surface area contributed by atoms with Crippen LogP contribution in [0.3, 0.4) is 0 Å². The molecule has 0 aliphatic heterocycles. The van der Waals surface area contributed by atoms with Gasteiger partial charge in [0.2, 0.25) is 0 Å². The van der Waals surface area contributed by atoms with Crippen molar-refractivity contribution in [2.24, 2.45) is 0 Å². The number of benzene rings is 2. The average molecular weight is 417 g/mol. The third-order valence-corrected chi connectivity index (χ3v) is 5.85. The number of nitro groups is 1. The highest BCUT2D eigenvalue weighted by Gasteiger charge is 2.24. The van der Waals surface area contributed by atoms with E-state index in [2.05, 4.69) is 18.8 Å². The largest absolute Gasteiger partial charge is 0.334 e. The van der Waals surface area contributed by atoms with Crippen LogP contribution < -0.4 is 9.80 Å². The van der Waals surface area contributed by atoms with Crippen LogP contribution in [-0.4, -0.2) is 42.0 Å². The van der Waals surface area contributed by atoms with Gasteiger partial charge in [0.1, 0.15) is 5.82 Å². The number of carbonyl (C=O) groups excluding carboxylic acids is 1. The topological polar surface area (TPSA) is 80.8 Å². The van der Waals surface area contributed by atoms with E-state index in [9.17, 15) is 19.3 Å². The maximum atomic E-state index is 13.6. The van der Waals surface area contributed by atoms with E-state index in [1.54, 1.807) is 12.1 Å². The summed E-state index contributed by atoms with van der Waals surface area (Å²) in [5, 5.41) is 11.5. The van der Waals surface area contributed by atoms with Crippen molar-refractivity contribution in [2.75, 3.05) is 31.1 Å². The van der Waals surface area contributed by atoms with Gasteiger partial charge < -0.3 is 4.90 Å². The van der Waals surface area contributed by atoms with Gasteiger partial charge in [-0.15, -0.1) is 0 Å². The maximum Gasteiger partial charge on any atom is 0.270 e. The average Bonchev–Trinajstić information content (AvgIpc) is 3.13. The minimum Gasteiger partial charge on any atom is -0.334 e. The molecule has 7 nitrogen and oxygen atoms in total. The van der Waals surface area contributed by atoms with Crippen molar-refractivity contribution in [1.82, 2.24) is 4.98 Å². The number of amides is 1. The molecule has 1 amide bonds. The molecule has 0 saturated heterocycles. The number of hydrogen-bond donors (Lipinski definition) is 1. The van der Waals surface area contributed by atoms with Gasteiger partial charge in [0.25, 0.3) is 11.6 Å². The molecule has 152 valence electrons. The molecule has 1 heterocycles. The molecule has 0 atom stereocenters. The Morgan fingerprint density at radius 2 is 2.00 bits per heavy atom. The van der Waals surface area contributed by atoms with Crippen LogP contribution in [0.1, 0.15) is 24.2 Å². The van der Waals surface area contributed by atoms with Gasteiger partial charge in [0.05, 0.1) is 41.3 Å². The number of quaternary nitrogens is 1. The highest BCUT2D eigenvalue weighted by Crippen LogP contribution is 2.30. The van der Waals surface area contributed by atoms with E-state index in [-0.39, 0.29) is 23.0 Å². The lowest BCUT2D eigenvalue weighted by Crippen LogP contribution is -3.12. The SMILES string of the molecule is CC[NH+](CC)CCN(C(=O)c1cccc([N+](=O)[O-])c1)c1nc2ccc(F)cc2s1. The molecule has 3 rings (SSSR count). The van der Waals surface area contributed by atoms with E-state index in [4.69, 9.17) is 0 Å². The summed E-state index contributed by atoms with van der Waals surface area (Å²) in [6.45, 7) is 7.09. The molecule has 0 aliphatic rings. The monoisotopic (exact) mass is 417 g/mol. The summed E-state index contributed by atoms with van der Waals surface area (Å²) in [7, 11) is 0. The molecule has 2 aromatic carbocycles. The Balaban J connectivity index is 1.98. The van der Waals surface area contributed by atoms with E-state index in [1.165, 1.54) is 51.5 Å². The zero-order valence-electron chi connectivity index (χ0n) is 16.2. The van der Waals surface area contributed by atoms with Crippen molar-refractivity contribution in [3.8, 4) is 0 Å². The number of hydrogen-bond acceptors (Lipinski definition) is 5. The third-order valence-electron chi connectivity index (χ3n) is 4.81. The summed E-state index contributed by atoms with van der Waals surface area (Å²) in [4.78, 5) is 31.2. The minimum atomic E-state index is -0.526. The molecule has 0 fully saturated rings. The van der Waals surface area contributed by atoms with Crippen LogP contribution >= 0.6 is 11.3 Å². The molecule has 0 bridgehead atoms. The molecule has 3 aromatic rings. The molecule has 0 radical (unpaired) electrons. The van der Waals surface area contributed by atoms with Gasteiger partial charge in [-0.3, -0.25) is 19.8 Å². The summed E-state index contributed by atoms with van der Waals surface area (Å²) in [6, 6.07) is 9.97. The van der Waals surface area contributed by atoms with Gasteiger partial charge in [-0.05, 0) is 38.1 Å². The Morgan fingerprint density at radius 3 is 2.69 bits per heavy atom. The Labute approximate surface area is 171 Å². The number of rotatable bonds is 8. The predicted molar refractivity (Wildman–Crippen MR) is 111 cm³/mol. The van der Waals surface area contributed by atoms with Gasteiger partial charge >= 0.3 is 0 Å². The summed E-state index contributed by atoms with van der Waals surface area (Å²) in [6.07, 6.45) is 0. The zero-order valence-corrected chi connectivity index (χ0v) is 17.0. The number of anilines is 1. The first-order chi connectivity index (χ1) is 13.9. The quantitative estimate of drug-likeness (QED) is 0.451. The van der Waals surface area contributed by atoms with Gasteiger partial charge in [-0.25, -0.2) is 9.37 Å². The van der Waals surface area contributed by atoms with Crippen molar-refractivity contribution >= 4 is 38.3 Å². The number of fused-ring (bicyclic) bond motifs is 1. The van der Waals surface area contributed by atoms with Gasteiger partial charge in [0.15, 0.2) is 5.13 Å². The maximum absolute atomic E-state index is 13.6. The number of nitrogens with zero attached hydrogens (tertiary/aromatic N) is 3. The molecule has 0 spiro atoms. The first kappa shape index (κ1) is 20.8. The number of aromatic nitrogens is 1. The number of halogens is 1. The molecule has 9 heteroatoms. The lowest BCUT2D eigenvalue weighted by atomic mass is 10.2. The molecular weight excluding hydrogens is 395 g/mol. The highest BCUT2D eigenvalue weighted by molar-refractivity contribution is 7.22. The van der Waals surface area contributed by atoms with E-state index >= 15 is 0 Å². The Morgan fingerprint density at radius 1 is 1.24 bits per heavy atom. The number of likely N-dealkylation sites (N-methyl/N-ethyl adjacent to an activating group) is 1. The normalized spacial score (nSPS) is 11.2. The van der Waals surface area contributed by atoms with Crippen LogP contribution in [0.2, 0.25) is 0 Å². The molecule has 0 unspecified atom stereocenters. The highest BCUT2D eigenvalue weighted by atomic mass is 32.1. The van der Waals surface area contributed by atoms with Crippen LogP contribution in [0.4, 0.5) is 15.2 Å². The molecule has 1 aromatic heterocycles. The first-order valence-electron chi connectivity index (χ1n) is 9.39. The van der Waals surface area contributed by atoms with Crippen molar-refractivity contribution in [2.45, 2.75) is 13.8 Å². The number of nitrogens with one attached hydrogen (secondary N) is 1. The molecule has 0 aliphatic carbocycles. The van der Waals surface area contributed by atoms with E-state index < -0.39 is 4.92 Å². The summed E-state index contributed by atoms with van der Waals surface area (Å²) in [5.74, 6) is -0.725. The van der Waals surface area contributed by atoms with E-state index in [0.717, 1.165) is 13.1 Å². The fourth-order valence-corrected chi connectivity index (χ4v) is 4.08. The van der Waals surface area contributed by atoms with Crippen LogP contribution in [-0.2, 0) is 0 Å². The van der Waals surface area contributed by atoms with Gasteiger partial charge in [0, 0.05) is 17.7 Å². The summed E-state index contributed by atoms with van der Waals surface area (Å²) >= 11 is 1.23. The fraction of sp³-hybridized carbons (Fsp3) is 0.300. The summed E-state index contributed by atoms with van der Waals surface area (Å²) in [5.41, 5.74) is 0.689. The molecule has 29 heavy (non-hydrogen) atoms. The van der Waals surface area contributed by atoms with Gasteiger partial charge in [-0.1, -0.05) is 17.4 Å². The third kappa shape index (κ3) is 4.75. The van der Waals surface area contributed by atoms with Crippen molar-refractivity contribution in [3.63, 3.8) is 0 Å². The molecule has 1 N–H and O–H groups in total. The number of thiazole rings is 1. The number of nitro benzene ring substituents is 1. The fourth-order valence-electron chi connectivity index (χ4n) is 3.07. The zero-order chi connectivity index (χ0) is 21.0. The number of carbonyl (C=O) groups is 1. The minimum absolute atomic E-state index is 0.142. The smallest absolute Gasteiger partial charge is 0.270 e. The second kappa shape index (κ2) is 9.06. The first-order valence-corrected chi connectivity index (χ1v) is 10.2. The second-order valence-corrected chi connectivity index (χ2v) is 7.59. The Kier molecular flexibility index (Phi) is 6.50. The standard InChI is InChI=1S/C20H21FN4O3S/c1-3-23(4-2)10-11-24(19(26)14-6-5-7-16(12-14)25(27)28)20-22-17-9-8-15(21)13-18(17)29-20/h5-9,12-13H,3-4,10-11H2,1-2H3/p+1. The van der Waals surface area contributed by atoms with Crippen LogP contribution in [0.25, 0.3) is 10.2 Å².